The summed E-state index contributed by atoms with van der Waals surface area (Å²) >= 11 is 0. The number of nitrogens with two attached hydrogens (primary N) is 1. The average molecular weight is 327 g/mol. The molecule has 0 radical (unpaired) electrons. The lowest BCUT2D eigenvalue weighted by Crippen LogP contribution is -2.22. The second-order valence-electron chi connectivity index (χ2n) is 5.56. The van der Waals surface area contributed by atoms with Gasteiger partial charge in [-0.1, -0.05) is 55.5 Å². The maximum atomic E-state index is 11.4. The lowest BCUT2D eigenvalue weighted by molar-refractivity contribution is -0.121. The molecule has 1 aromatic heterocycles. The highest BCUT2D eigenvalue weighted by Gasteiger charge is 2.13. The Morgan fingerprint density at radius 2 is 1.74 bits per heavy atom. The Balaban J connectivity index is 0.00000192. The number of carbonyl (C=O) groups is 1. The molecule has 3 nitrogen and oxygen atoms in total. The van der Waals surface area contributed by atoms with Gasteiger partial charge in [0.05, 0.1) is 11.2 Å². The predicted octanol–water partition coefficient (Wildman–Crippen LogP) is 3.99. The summed E-state index contributed by atoms with van der Waals surface area (Å²) in [5.41, 5.74) is 9.46. The van der Waals surface area contributed by atoms with E-state index in [9.17, 15) is 4.79 Å². The van der Waals surface area contributed by atoms with Gasteiger partial charge in [-0.25, -0.2) is 4.98 Å². The van der Waals surface area contributed by atoms with Crippen LogP contribution in [0.4, 0.5) is 0 Å². The molecule has 3 aromatic rings. The highest BCUT2D eigenvalue weighted by molar-refractivity contribution is 5.86. The van der Waals surface area contributed by atoms with Crippen LogP contribution in [0.1, 0.15) is 12.5 Å². The van der Waals surface area contributed by atoms with E-state index < -0.39 is 0 Å². The number of nitrogens with zero attached hydrogens (tertiary/aromatic N) is 1. The summed E-state index contributed by atoms with van der Waals surface area (Å²) in [4.78, 5) is 16.1. The molecule has 0 bridgehead atoms. The first-order valence-corrected chi connectivity index (χ1v) is 7.38. The molecule has 0 aliphatic heterocycles. The van der Waals surface area contributed by atoms with Crippen molar-refractivity contribution in [2.24, 2.45) is 11.7 Å². The fourth-order valence-corrected chi connectivity index (χ4v) is 2.60. The van der Waals surface area contributed by atoms with Crippen molar-refractivity contribution in [2.75, 3.05) is 0 Å². The molecule has 118 valence electrons. The van der Waals surface area contributed by atoms with Crippen LogP contribution in [-0.4, -0.2) is 10.9 Å². The fraction of sp³-hybridized carbons (Fsp3) is 0.158. The van der Waals surface area contributed by atoms with E-state index in [0.717, 1.165) is 27.7 Å². The van der Waals surface area contributed by atoms with Gasteiger partial charge in [0.25, 0.3) is 0 Å². The second kappa shape index (κ2) is 7.25. The quantitative estimate of drug-likeness (QED) is 0.788. The van der Waals surface area contributed by atoms with Gasteiger partial charge in [-0.05, 0) is 24.1 Å². The third-order valence-electron chi connectivity index (χ3n) is 3.88. The SMILES string of the molecule is CC(Cc1cc(-c2ccccc2)nc2ccccc12)C(N)=O.Cl. The molecule has 0 aliphatic carbocycles. The number of amides is 1. The molecule has 1 unspecified atom stereocenters. The Morgan fingerprint density at radius 1 is 1.09 bits per heavy atom. The van der Waals surface area contributed by atoms with Crippen LogP contribution in [0, 0.1) is 5.92 Å². The largest absolute Gasteiger partial charge is 0.369 e. The third-order valence-corrected chi connectivity index (χ3v) is 3.88. The van der Waals surface area contributed by atoms with Gasteiger partial charge in [0.1, 0.15) is 0 Å². The average Bonchev–Trinajstić information content (AvgIpc) is 2.55. The number of aromatic nitrogens is 1. The van der Waals surface area contributed by atoms with E-state index >= 15 is 0 Å². The maximum absolute atomic E-state index is 11.4. The van der Waals surface area contributed by atoms with Gasteiger partial charge in [-0.3, -0.25) is 4.79 Å². The molecule has 0 aliphatic rings. The topological polar surface area (TPSA) is 56.0 Å². The third kappa shape index (κ3) is 3.69. The van der Waals surface area contributed by atoms with Crippen LogP contribution >= 0.6 is 12.4 Å². The van der Waals surface area contributed by atoms with Crippen LogP contribution in [0.5, 0.6) is 0 Å². The molecular weight excluding hydrogens is 308 g/mol. The summed E-state index contributed by atoms with van der Waals surface area (Å²) in [5, 5.41) is 1.08. The standard InChI is InChI=1S/C19H18N2O.ClH/c1-13(19(20)22)11-15-12-18(14-7-3-2-4-8-14)21-17-10-6-5-9-16(15)17;/h2-10,12-13H,11H2,1H3,(H2,20,22);1H. The molecule has 2 N–H and O–H groups in total. The fourth-order valence-electron chi connectivity index (χ4n) is 2.60. The number of carbonyl (C=O) groups excluding carboxylic acids is 1. The van der Waals surface area contributed by atoms with Gasteiger partial charge in [0.2, 0.25) is 5.91 Å². The molecule has 0 saturated heterocycles. The monoisotopic (exact) mass is 326 g/mol. The first-order chi connectivity index (χ1) is 10.6. The van der Waals surface area contributed by atoms with E-state index in [1.807, 2.05) is 61.5 Å². The van der Waals surface area contributed by atoms with Crippen LogP contribution in [0.15, 0.2) is 60.7 Å². The Bertz CT molecular complexity index is 818. The molecule has 1 heterocycles. The predicted molar refractivity (Wildman–Crippen MR) is 96.5 cm³/mol. The van der Waals surface area contributed by atoms with Crippen molar-refractivity contribution in [3.05, 3.63) is 66.2 Å². The van der Waals surface area contributed by atoms with E-state index in [1.165, 1.54) is 0 Å². The number of hydrogen-bond donors (Lipinski definition) is 1. The summed E-state index contributed by atoms with van der Waals surface area (Å²) in [6.45, 7) is 1.86. The van der Waals surface area contributed by atoms with Gasteiger partial charge in [-0.2, -0.15) is 0 Å². The number of hydrogen-bond acceptors (Lipinski definition) is 2. The lowest BCUT2D eigenvalue weighted by atomic mass is 9.95. The normalized spacial score (nSPS) is 11.7. The molecule has 0 spiro atoms. The smallest absolute Gasteiger partial charge is 0.220 e. The minimum atomic E-state index is -0.276. The highest BCUT2D eigenvalue weighted by Crippen LogP contribution is 2.26. The van der Waals surface area contributed by atoms with Crippen molar-refractivity contribution < 1.29 is 4.79 Å². The van der Waals surface area contributed by atoms with E-state index in [1.54, 1.807) is 0 Å². The summed E-state index contributed by atoms with van der Waals surface area (Å²) in [5.74, 6) is -0.475. The van der Waals surface area contributed by atoms with E-state index in [-0.39, 0.29) is 24.2 Å². The summed E-state index contributed by atoms with van der Waals surface area (Å²) < 4.78 is 0. The van der Waals surface area contributed by atoms with Gasteiger partial charge in [-0.15, -0.1) is 12.4 Å². The minimum Gasteiger partial charge on any atom is -0.369 e. The Kier molecular flexibility index (Phi) is 5.35. The number of pyridine rings is 1. The summed E-state index contributed by atoms with van der Waals surface area (Å²) in [6.07, 6.45) is 0.623. The zero-order valence-electron chi connectivity index (χ0n) is 12.9. The van der Waals surface area contributed by atoms with Crippen LogP contribution in [-0.2, 0) is 11.2 Å². The summed E-state index contributed by atoms with van der Waals surface area (Å²) in [7, 11) is 0. The Hall–Kier alpha value is -2.39. The number of benzene rings is 2. The van der Waals surface area contributed by atoms with E-state index in [2.05, 4.69) is 6.07 Å². The maximum Gasteiger partial charge on any atom is 0.220 e. The number of rotatable bonds is 4. The van der Waals surface area contributed by atoms with Crippen molar-refractivity contribution in [1.29, 1.82) is 0 Å². The molecule has 2 aromatic carbocycles. The van der Waals surface area contributed by atoms with Gasteiger partial charge >= 0.3 is 0 Å². The molecule has 3 rings (SSSR count). The number of halogens is 1. The van der Waals surface area contributed by atoms with Gasteiger partial charge in [0, 0.05) is 16.9 Å². The first-order valence-electron chi connectivity index (χ1n) is 7.38. The van der Waals surface area contributed by atoms with Crippen LogP contribution < -0.4 is 5.73 Å². The molecular formula is C19H19ClN2O. The Labute approximate surface area is 142 Å². The van der Waals surface area contributed by atoms with Crippen LogP contribution in [0.3, 0.4) is 0 Å². The number of fused-ring (bicyclic) bond motifs is 1. The van der Waals surface area contributed by atoms with E-state index in [4.69, 9.17) is 10.7 Å². The van der Waals surface area contributed by atoms with Crippen molar-refractivity contribution in [3.63, 3.8) is 0 Å². The Morgan fingerprint density at radius 3 is 2.43 bits per heavy atom. The van der Waals surface area contributed by atoms with Crippen molar-refractivity contribution in [3.8, 4) is 11.3 Å². The zero-order chi connectivity index (χ0) is 15.5. The van der Waals surface area contributed by atoms with Crippen LogP contribution in [0.2, 0.25) is 0 Å². The molecule has 1 atom stereocenters. The van der Waals surface area contributed by atoms with Gasteiger partial charge < -0.3 is 5.73 Å². The first kappa shape index (κ1) is 17.0. The molecule has 0 saturated carbocycles. The van der Waals surface area contributed by atoms with Crippen molar-refractivity contribution >= 4 is 29.2 Å². The highest BCUT2D eigenvalue weighted by atomic mass is 35.5. The van der Waals surface area contributed by atoms with Crippen molar-refractivity contribution in [2.45, 2.75) is 13.3 Å². The van der Waals surface area contributed by atoms with E-state index in [0.29, 0.717) is 6.42 Å². The zero-order valence-corrected chi connectivity index (χ0v) is 13.7. The van der Waals surface area contributed by atoms with Crippen LogP contribution in [0.25, 0.3) is 22.2 Å². The second-order valence-corrected chi connectivity index (χ2v) is 5.56. The minimum absolute atomic E-state index is 0. The molecule has 23 heavy (non-hydrogen) atoms. The number of para-hydroxylation sites is 1. The van der Waals surface area contributed by atoms with Gasteiger partial charge in [0.15, 0.2) is 0 Å². The molecule has 0 fully saturated rings. The molecule has 4 heteroatoms. The summed E-state index contributed by atoms with van der Waals surface area (Å²) in [6, 6.07) is 20.1. The molecule has 1 amide bonds. The lowest BCUT2D eigenvalue weighted by Gasteiger charge is -2.12. The number of primary amides is 1. The van der Waals surface area contributed by atoms with Crippen molar-refractivity contribution in [1.82, 2.24) is 4.98 Å².